The maximum absolute atomic E-state index is 14.1. The van der Waals surface area contributed by atoms with Crippen LogP contribution in [0.3, 0.4) is 0 Å². The van der Waals surface area contributed by atoms with Gasteiger partial charge in [0.2, 0.25) is 0 Å². The Hall–Kier alpha value is -2.03. The lowest BCUT2D eigenvalue weighted by molar-refractivity contribution is 0.356. The monoisotopic (exact) mass is 243 g/mol. The van der Waals surface area contributed by atoms with E-state index in [1.807, 2.05) is 24.3 Å². The largest absolute Gasteiger partial charge is 0.273 e. The van der Waals surface area contributed by atoms with Crippen molar-refractivity contribution in [2.24, 2.45) is 4.99 Å². The Kier molecular flexibility index (Phi) is 2.67. The fraction of sp³-hybridized carbons (Fsp3) is 0.133. The van der Waals surface area contributed by atoms with Gasteiger partial charge in [0.05, 0.1) is 5.36 Å². The lowest BCUT2D eigenvalue weighted by atomic mass is 9.99. The molecule has 1 aliphatic heterocycles. The molecule has 2 unspecified atom stereocenters. The van der Waals surface area contributed by atoms with Crippen LogP contribution < -0.4 is 10.6 Å². The zero-order valence-corrected chi connectivity index (χ0v) is 9.55. The molecule has 0 amide bonds. The summed E-state index contributed by atoms with van der Waals surface area (Å²) in [6, 6.07) is 12.7. The summed E-state index contributed by atoms with van der Waals surface area (Å²) < 4.78 is 26.9. The van der Waals surface area contributed by atoms with E-state index in [2.05, 4.69) is 4.99 Å². The standard InChI is InChI=1S/C15H11F2N/c16-12-7-5-10(6-8-12)15-13(17)9-11-3-1-2-4-14(11)18-15/h1-9,13,15H. The van der Waals surface area contributed by atoms with E-state index in [0.717, 1.165) is 10.6 Å². The van der Waals surface area contributed by atoms with Crippen molar-refractivity contribution >= 4 is 6.08 Å². The number of nitrogens with zero attached hydrogens (tertiary/aromatic N) is 1. The molecule has 1 nitrogen and oxygen atoms in total. The number of rotatable bonds is 1. The molecule has 2 aromatic carbocycles. The molecule has 0 fully saturated rings. The van der Waals surface area contributed by atoms with Crippen LogP contribution in [0.2, 0.25) is 0 Å². The average molecular weight is 243 g/mol. The van der Waals surface area contributed by atoms with Gasteiger partial charge in [-0.05, 0) is 35.1 Å². The third kappa shape index (κ3) is 1.92. The quantitative estimate of drug-likeness (QED) is 0.729. The number of alkyl halides is 1. The molecule has 0 spiro atoms. The third-order valence-electron chi connectivity index (χ3n) is 3.07. The molecule has 2 aromatic rings. The molecule has 3 rings (SSSR count). The van der Waals surface area contributed by atoms with Gasteiger partial charge in [-0.2, -0.15) is 0 Å². The second-order valence-electron chi connectivity index (χ2n) is 4.30. The molecule has 2 atom stereocenters. The van der Waals surface area contributed by atoms with Crippen molar-refractivity contribution < 1.29 is 8.78 Å². The summed E-state index contributed by atoms with van der Waals surface area (Å²) in [6.45, 7) is 0. The summed E-state index contributed by atoms with van der Waals surface area (Å²) >= 11 is 0. The number of halogens is 2. The molecule has 0 aliphatic carbocycles. The van der Waals surface area contributed by atoms with Gasteiger partial charge in [0.25, 0.3) is 0 Å². The normalized spacial score (nSPS) is 21.7. The van der Waals surface area contributed by atoms with Crippen LogP contribution in [-0.2, 0) is 0 Å². The zero-order valence-electron chi connectivity index (χ0n) is 9.55. The highest BCUT2D eigenvalue weighted by Gasteiger charge is 2.22. The van der Waals surface area contributed by atoms with Crippen LogP contribution >= 0.6 is 0 Å². The van der Waals surface area contributed by atoms with Crippen LogP contribution in [0.1, 0.15) is 11.6 Å². The van der Waals surface area contributed by atoms with Crippen LogP contribution in [0.4, 0.5) is 8.78 Å². The van der Waals surface area contributed by atoms with Gasteiger partial charge in [0.15, 0.2) is 0 Å². The van der Waals surface area contributed by atoms with Gasteiger partial charge in [-0.1, -0.05) is 30.3 Å². The van der Waals surface area contributed by atoms with Gasteiger partial charge in [0, 0.05) is 0 Å². The highest BCUT2D eigenvalue weighted by molar-refractivity contribution is 5.36. The Morgan fingerprint density at radius 3 is 2.44 bits per heavy atom. The van der Waals surface area contributed by atoms with E-state index in [-0.39, 0.29) is 5.82 Å². The second-order valence-corrected chi connectivity index (χ2v) is 4.30. The maximum Gasteiger partial charge on any atom is 0.146 e. The lowest BCUT2D eigenvalue weighted by Gasteiger charge is -2.18. The molecule has 0 saturated heterocycles. The number of hydrogen-bond acceptors (Lipinski definition) is 1. The van der Waals surface area contributed by atoms with E-state index in [4.69, 9.17) is 0 Å². The first kappa shape index (κ1) is 11.1. The fourth-order valence-corrected chi connectivity index (χ4v) is 2.15. The summed E-state index contributed by atoms with van der Waals surface area (Å²) in [5.41, 5.74) is 0.689. The Bertz CT molecular complexity index is 676. The maximum atomic E-state index is 14.1. The van der Waals surface area contributed by atoms with Gasteiger partial charge in [-0.15, -0.1) is 0 Å². The summed E-state index contributed by atoms with van der Waals surface area (Å²) in [7, 11) is 0. The fourth-order valence-electron chi connectivity index (χ4n) is 2.15. The minimum absolute atomic E-state index is 0.325. The highest BCUT2D eigenvalue weighted by atomic mass is 19.1. The van der Waals surface area contributed by atoms with Crippen molar-refractivity contribution in [3.63, 3.8) is 0 Å². The molecule has 90 valence electrons. The van der Waals surface area contributed by atoms with Crippen molar-refractivity contribution in [1.29, 1.82) is 0 Å². The minimum Gasteiger partial charge on any atom is -0.273 e. The summed E-state index contributed by atoms with van der Waals surface area (Å²) in [5, 5.41) is 1.59. The summed E-state index contributed by atoms with van der Waals surface area (Å²) in [6.07, 6.45) is 0.390. The third-order valence-corrected chi connectivity index (χ3v) is 3.07. The highest BCUT2D eigenvalue weighted by Crippen LogP contribution is 2.25. The van der Waals surface area contributed by atoms with Gasteiger partial charge in [-0.3, -0.25) is 4.99 Å². The van der Waals surface area contributed by atoms with Gasteiger partial charge in [-0.25, -0.2) is 8.78 Å². The van der Waals surface area contributed by atoms with Crippen LogP contribution in [0.25, 0.3) is 6.08 Å². The number of benzene rings is 2. The van der Waals surface area contributed by atoms with Gasteiger partial charge < -0.3 is 0 Å². The summed E-state index contributed by atoms with van der Waals surface area (Å²) in [5.74, 6) is -0.325. The second kappa shape index (κ2) is 4.33. The Morgan fingerprint density at radius 2 is 1.67 bits per heavy atom. The predicted molar refractivity (Wildman–Crippen MR) is 65.7 cm³/mol. The van der Waals surface area contributed by atoms with Gasteiger partial charge in [0.1, 0.15) is 18.0 Å². The van der Waals surface area contributed by atoms with E-state index >= 15 is 0 Å². The van der Waals surface area contributed by atoms with Crippen molar-refractivity contribution in [3.05, 3.63) is 70.5 Å². The SMILES string of the molecule is Fc1ccc(C2N=c3ccccc3=CC2F)cc1. The molecule has 3 heteroatoms. The first-order chi connectivity index (χ1) is 8.74. The molecular weight excluding hydrogens is 232 g/mol. The van der Waals surface area contributed by atoms with Crippen LogP contribution in [-0.4, -0.2) is 6.17 Å². The van der Waals surface area contributed by atoms with Crippen molar-refractivity contribution in [3.8, 4) is 0 Å². The van der Waals surface area contributed by atoms with Crippen LogP contribution in [0.15, 0.2) is 53.5 Å². The summed E-state index contributed by atoms with van der Waals surface area (Å²) in [4.78, 5) is 4.40. The zero-order chi connectivity index (χ0) is 12.5. The molecule has 1 heterocycles. The van der Waals surface area contributed by atoms with Crippen molar-refractivity contribution in [2.75, 3.05) is 0 Å². The Labute approximate surface area is 103 Å². The molecule has 0 N–H and O–H groups in total. The number of hydrogen-bond donors (Lipinski definition) is 0. The molecule has 0 aromatic heterocycles. The lowest BCUT2D eigenvalue weighted by Crippen LogP contribution is -2.33. The average Bonchev–Trinajstić information content (AvgIpc) is 2.39. The first-order valence-corrected chi connectivity index (χ1v) is 5.78. The van der Waals surface area contributed by atoms with E-state index < -0.39 is 12.2 Å². The molecular formula is C15H11F2N. The number of fused-ring (bicyclic) bond motifs is 1. The first-order valence-electron chi connectivity index (χ1n) is 5.78. The molecule has 1 aliphatic rings. The van der Waals surface area contributed by atoms with Crippen LogP contribution in [0, 0.1) is 5.82 Å². The molecule has 18 heavy (non-hydrogen) atoms. The van der Waals surface area contributed by atoms with Crippen molar-refractivity contribution in [1.82, 2.24) is 0 Å². The van der Waals surface area contributed by atoms with E-state index in [1.165, 1.54) is 12.1 Å². The Balaban J connectivity index is 2.10. The minimum atomic E-state index is -1.18. The predicted octanol–water partition coefficient (Wildman–Crippen LogP) is 2.32. The smallest absolute Gasteiger partial charge is 0.146 e. The topological polar surface area (TPSA) is 12.4 Å². The van der Waals surface area contributed by atoms with Crippen molar-refractivity contribution in [2.45, 2.75) is 12.2 Å². The van der Waals surface area contributed by atoms with E-state index in [0.29, 0.717) is 5.56 Å². The van der Waals surface area contributed by atoms with Gasteiger partial charge >= 0.3 is 0 Å². The number of para-hydroxylation sites is 1. The van der Waals surface area contributed by atoms with Crippen LogP contribution in [0.5, 0.6) is 0 Å². The van der Waals surface area contributed by atoms with E-state index in [9.17, 15) is 8.78 Å². The molecule has 0 radical (unpaired) electrons. The molecule has 0 saturated carbocycles. The molecule has 0 bridgehead atoms. The Morgan fingerprint density at radius 1 is 0.944 bits per heavy atom. The van der Waals surface area contributed by atoms with E-state index in [1.54, 1.807) is 18.2 Å².